The SMILES string of the molecule is CCOc1cc(/C=N/NC(=O)c2ccc(Cl)cc2)cc(Br)c1OCC(=O)Nc1ccc(C)cc1C. The number of anilines is 1. The minimum Gasteiger partial charge on any atom is -0.490 e. The van der Waals surface area contributed by atoms with Gasteiger partial charge < -0.3 is 14.8 Å². The lowest BCUT2D eigenvalue weighted by atomic mass is 10.1. The summed E-state index contributed by atoms with van der Waals surface area (Å²) < 4.78 is 12.1. The van der Waals surface area contributed by atoms with Gasteiger partial charge >= 0.3 is 0 Å². The number of hydrogen-bond donors (Lipinski definition) is 2. The summed E-state index contributed by atoms with van der Waals surface area (Å²) in [4.78, 5) is 24.6. The topological polar surface area (TPSA) is 89.0 Å². The van der Waals surface area contributed by atoms with E-state index in [1.54, 1.807) is 36.4 Å². The molecular formula is C26H25BrClN3O4. The Morgan fingerprint density at radius 1 is 1.06 bits per heavy atom. The zero-order valence-electron chi connectivity index (χ0n) is 19.5. The number of rotatable bonds is 9. The Morgan fingerprint density at radius 3 is 2.49 bits per heavy atom. The molecule has 0 heterocycles. The average Bonchev–Trinajstić information content (AvgIpc) is 2.81. The van der Waals surface area contributed by atoms with Crippen LogP contribution in [0, 0.1) is 13.8 Å². The number of hydrazone groups is 1. The number of carbonyl (C=O) groups excluding carboxylic acids is 2. The number of carbonyl (C=O) groups is 2. The molecule has 3 aromatic carbocycles. The molecule has 3 rings (SSSR count). The van der Waals surface area contributed by atoms with E-state index in [0.717, 1.165) is 16.8 Å². The maximum atomic E-state index is 12.5. The van der Waals surface area contributed by atoms with Crippen LogP contribution in [0.1, 0.15) is 34.0 Å². The van der Waals surface area contributed by atoms with E-state index >= 15 is 0 Å². The van der Waals surface area contributed by atoms with Gasteiger partial charge in [-0.3, -0.25) is 9.59 Å². The van der Waals surface area contributed by atoms with E-state index in [1.165, 1.54) is 6.21 Å². The van der Waals surface area contributed by atoms with Crippen molar-refractivity contribution in [2.45, 2.75) is 20.8 Å². The van der Waals surface area contributed by atoms with Crippen molar-refractivity contribution in [2.75, 3.05) is 18.5 Å². The van der Waals surface area contributed by atoms with Crippen LogP contribution in [-0.4, -0.2) is 31.2 Å². The highest BCUT2D eigenvalue weighted by molar-refractivity contribution is 9.10. The fourth-order valence-corrected chi connectivity index (χ4v) is 3.87. The van der Waals surface area contributed by atoms with E-state index in [4.69, 9.17) is 21.1 Å². The van der Waals surface area contributed by atoms with Crippen LogP contribution in [0.2, 0.25) is 5.02 Å². The van der Waals surface area contributed by atoms with Gasteiger partial charge in [0.05, 0.1) is 17.3 Å². The van der Waals surface area contributed by atoms with E-state index in [1.807, 2.05) is 39.0 Å². The van der Waals surface area contributed by atoms with Crippen molar-refractivity contribution in [3.63, 3.8) is 0 Å². The van der Waals surface area contributed by atoms with Gasteiger partial charge in [0.2, 0.25) is 0 Å². The first-order chi connectivity index (χ1) is 16.8. The van der Waals surface area contributed by atoms with E-state index in [-0.39, 0.29) is 18.4 Å². The molecule has 0 aliphatic rings. The van der Waals surface area contributed by atoms with Gasteiger partial charge in [0, 0.05) is 16.3 Å². The Bertz CT molecular complexity index is 1250. The van der Waals surface area contributed by atoms with Crippen LogP contribution in [0.3, 0.4) is 0 Å². The van der Waals surface area contributed by atoms with Crippen LogP contribution in [-0.2, 0) is 4.79 Å². The highest BCUT2D eigenvalue weighted by atomic mass is 79.9. The lowest BCUT2D eigenvalue weighted by Gasteiger charge is -2.15. The van der Waals surface area contributed by atoms with Crippen molar-refractivity contribution in [2.24, 2.45) is 5.10 Å². The highest BCUT2D eigenvalue weighted by Crippen LogP contribution is 2.36. The predicted molar refractivity (Wildman–Crippen MR) is 142 cm³/mol. The van der Waals surface area contributed by atoms with Crippen molar-refractivity contribution >= 4 is 51.2 Å². The predicted octanol–water partition coefficient (Wildman–Crippen LogP) is 5.90. The second kappa shape index (κ2) is 12.4. The Labute approximate surface area is 217 Å². The Balaban J connectivity index is 1.66. The summed E-state index contributed by atoms with van der Waals surface area (Å²) in [5.41, 5.74) is 6.39. The average molecular weight is 559 g/mol. The molecule has 9 heteroatoms. The first kappa shape index (κ1) is 26.2. The molecule has 0 radical (unpaired) electrons. The minimum atomic E-state index is -0.364. The molecule has 182 valence electrons. The summed E-state index contributed by atoms with van der Waals surface area (Å²) in [6.45, 7) is 5.97. The molecule has 2 N–H and O–H groups in total. The third-order valence-corrected chi connectivity index (χ3v) is 5.66. The summed E-state index contributed by atoms with van der Waals surface area (Å²) in [7, 11) is 0. The lowest BCUT2D eigenvalue weighted by molar-refractivity contribution is -0.118. The standard InChI is InChI=1S/C26H25BrClN3O4/c1-4-34-23-13-18(14-29-31-26(33)19-6-8-20(28)9-7-19)12-21(27)25(23)35-15-24(32)30-22-10-5-16(2)11-17(22)3/h5-14H,4,15H2,1-3H3,(H,30,32)(H,31,33)/b29-14+. The first-order valence-corrected chi connectivity index (χ1v) is 12.0. The van der Waals surface area contributed by atoms with Gasteiger partial charge in [-0.1, -0.05) is 29.3 Å². The Kier molecular flexibility index (Phi) is 9.28. The maximum absolute atomic E-state index is 12.5. The molecule has 0 aromatic heterocycles. The van der Waals surface area contributed by atoms with Crippen LogP contribution in [0.15, 0.2) is 64.2 Å². The fourth-order valence-electron chi connectivity index (χ4n) is 3.17. The molecule has 0 unspecified atom stereocenters. The van der Waals surface area contributed by atoms with E-state index < -0.39 is 0 Å². The van der Waals surface area contributed by atoms with Crippen LogP contribution in [0.4, 0.5) is 5.69 Å². The van der Waals surface area contributed by atoms with Crippen molar-refractivity contribution in [1.82, 2.24) is 5.43 Å². The summed E-state index contributed by atoms with van der Waals surface area (Å²) in [5.74, 6) is 0.176. The second-order valence-electron chi connectivity index (χ2n) is 7.62. The van der Waals surface area contributed by atoms with Crippen LogP contribution in [0.5, 0.6) is 11.5 Å². The second-order valence-corrected chi connectivity index (χ2v) is 8.92. The number of aryl methyl sites for hydroxylation is 2. The lowest BCUT2D eigenvalue weighted by Crippen LogP contribution is -2.21. The van der Waals surface area contributed by atoms with E-state index in [0.29, 0.717) is 38.7 Å². The highest BCUT2D eigenvalue weighted by Gasteiger charge is 2.14. The normalized spacial score (nSPS) is 10.8. The molecule has 0 spiro atoms. The molecule has 2 amide bonds. The summed E-state index contributed by atoms with van der Waals surface area (Å²) in [6, 6.07) is 15.7. The third-order valence-electron chi connectivity index (χ3n) is 4.82. The van der Waals surface area contributed by atoms with Crippen LogP contribution in [0.25, 0.3) is 0 Å². The number of halogens is 2. The Hall–Kier alpha value is -3.36. The monoisotopic (exact) mass is 557 g/mol. The van der Waals surface area contributed by atoms with Gasteiger partial charge in [0.15, 0.2) is 18.1 Å². The van der Waals surface area contributed by atoms with Gasteiger partial charge in [-0.15, -0.1) is 0 Å². The quantitative estimate of drug-likeness (QED) is 0.253. The number of ether oxygens (including phenoxy) is 2. The number of amides is 2. The van der Waals surface area contributed by atoms with Crippen molar-refractivity contribution < 1.29 is 19.1 Å². The molecule has 0 atom stereocenters. The number of benzene rings is 3. The molecule has 0 aliphatic heterocycles. The van der Waals surface area contributed by atoms with Gasteiger partial charge in [-0.25, -0.2) is 5.43 Å². The maximum Gasteiger partial charge on any atom is 0.271 e. The minimum absolute atomic E-state index is 0.198. The van der Waals surface area contributed by atoms with E-state index in [9.17, 15) is 9.59 Å². The van der Waals surface area contributed by atoms with Gasteiger partial charge in [0.25, 0.3) is 11.8 Å². The molecule has 35 heavy (non-hydrogen) atoms. The third kappa shape index (κ3) is 7.56. The zero-order chi connectivity index (χ0) is 25.4. The zero-order valence-corrected chi connectivity index (χ0v) is 21.9. The van der Waals surface area contributed by atoms with E-state index in [2.05, 4.69) is 31.8 Å². The molecular weight excluding hydrogens is 534 g/mol. The molecule has 0 saturated heterocycles. The molecule has 0 saturated carbocycles. The van der Waals surface area contributed by atoms with Crippen molar-refractivity contribution in [3.8, 4) is 11.5 Å². The number of hydrogen-bond acceptors (Lipinski definition) is 5. The molecule has 3 aromatic rings. The van der Waals surface area contributed by atoms with Crippen LogP contribution < -0.4 is 20.2 Å². The molecule has 7 nitrogen and oxygen atoms in total. The smallest absolute Gasteiger partial charge is 0.271 e. The largest absolute Gasteiger partial charge is 0.490 e. The first-order valence-electron chi connectivity index (χ1n) is 10.8. The molecule has 0 aliphatic carbocycles. The van der Waals surface area contributed by atoms with Gasteiger partial charge in [0.1, 0.15) is 0 Å². The van der Waals surface area contributed by atoms with Crippen molar-refractivity contribution in [3.05, 3.63) is 86.3 Å². The number of nitrogens with zero attached hydrogens (tertiary/aromatic N) is 1. The molecule has 0 fully saturated rings. The summed E-state index contributed by atoms with van der Waals surface area (Å²) >= 11 is 9.32. The molecule has 0 bridgehead atoms. The van der Waals surface area contributed by atoms with Gasteiger partial charge in [-0.05, 0) is 90.3 Å². The fraction of sp³-hybridized carbons (Fsp3) is 0.192. The summed E-state index contributed by atoms with van der Waals surface area (Å²) in [5, 5.41) is 7.41. The van der Waals surface area contributed by atoms with Gasteiger partial charge in [-0.2, -0.15) is 5.10 Å². The van der Waals surface area contributed by atoms with Crippen molar-refractivity contribution in [1.29, 1.82) is 0 Å². The Morgan fingerprint density at radius 2 is 1.80 bits per heavy atom. The van der Waals surface area contributed by atoms with Crippen LogP contribution >= 0.6 is 27.5 Å². The number of nitrogens with one attached hydrogen (secondary N) is 2. The summed E-state index contributed by atoms with van der Waals surface area (Å²) in [6.07, 6.45) is 1.48.